The summed E-state index contributed by atoms with van der Waals surface area (Å²) in [4.78, 5) is 20.1. The van der Waals surface area contributed by atoms with Crippen molar-refractivity contribution in [3.05, 3.63) is 34.5 Å². The van der Waals surface area contributed by atoms with Crippen LogP contribution in [0.3, 0.4) is 0 Å². The molecule has 118 valence electrons. The predicted octanol–water partition coefficient (Wildman–Crippen LogP) is 1.29. The Morgan fingerprint density at radius 1 is 1.59 bits per heavy atom. The lowest BCUT2D eigenvalue weighted by Gasteiger charge is -2.25. The van der Waals surface area contributed by atoms with Gasteiger partial charge in [0.1, 0.15) is 6.54 Å². The second-order valence-corrected chi connectivity index (χ2v) is 6.64. The maximum Gasteiger partial charge on any atom is 0.244 e. The van der Waals surface area contributed by atoms with Crippen molar-refractivity contribution in [2.45, 2.75) is 26.4 Å². The highest BCUT2D eigenvalue weighted by Crippen LogP contribution is 2.18. The predicted molar refractivity (Wildman–Crippen MR) is 85.5 cm³/mol. The van der Waals surface area contributed by atoms with Gasteiger partial charge in [-0.1, -0.05) is 0 Å². The smallest absolute Gasteiger partial charge is 0.244 e. The molecular weight excluding hydrogens is 298 g/mol. The number of hydrogen-bond donors (Lipinski definition) is 1. The minimum Gasteiger partial charge on any atom is -0.336 e. The van der Waals surface area contributed by atoms with Gasteiger partial charge in [0.05, 0.1) is 17.7 Å². The summed E-state index contributed by atoms with van der Waals surface area (Å²) in [7, 11) is 0. The summed E-state index contributed by atoms with van der Waals surface area (Å²) >= 11 is 1.62. The number of nitrogens with zero attached hydrogens (tertiary/aromatic N) is 4. The minimum atomic E-state index is 0.114. The van der Waals surface area contributed by atoms with Crippen LogP contribution >= 0.6 is 11.3 Å². The third kappa shape index (κ3) is 3.72. The molecule has 3 rings (SSSR count). The molecule has 2 aromatic heterocycles. The Morgan fingerprint density at radius 3 is 3.14 bits per heavy atom. The van der Waals surface area contributed by atoms with E-state index in [0.29, 0.717) is 19.0 Å². The quantitative estimate of drug-likeness (QED) is 0.871. The van der Waals surface area contributed by atoms with Gasteiger partial charge in [0.15, 0.2) is 0 Å². The maximum absolute atomic E-state index is 12.7. The van der Waals surface area contributed by atoms with E-state index in [4.69, 9.17) is 0 Å². The molecule has 0 radical (unpaired) electrons. The molecule has 1 fully saturated rings. The van der Waals surface area contributed by atoms with Crippen LogP contribution in [0.5, 0.6) is 0 Å². The van der Waals surface area contributed by atoms with Crippen molar-refractivity contribution in [1.29, 1.82) is 0 Å². The average Bonchev–Trinajstić information content (AvgIpc) is 3.22. The van der Waals surface area contributed by atoms with E-state index < -0.39 is 0 Å². The molecule has 1 aliphatic heterocycles. The van der Waals surface area contributed by atoms with E-state index in [1.165, 1.54) is 4.88 Å². The van der Waals surface area contributed by atoms with E-state index in [1.807, 2.05) is 29.6 Å². The first kappa shape index (κ1) is 15.2. The molecule has 3 heterocycles. The zero-order valence-corrected chi connectivity index (χ0v) is 13.6. The minimum absolute atomic E-state index is 0.114. The van der Waals surface area contributed by atoms with Gasteiger partial charge in [-0.2, -0.15) is 5.10 Å². The van der Waals surface area contributed by atoms with Crippen LogP contribution in [0.25, 0.3) is 0 Å². The molecule has 6 nitrogen and oxygen atoms in total. The number of hydrogen-bond acceptors (Lipinski definition) is 5. The summed E-state index contributed by atoms with van der Waals surface area (Å²) in [6, 6.07) is 1.84. The van der Waals surface area contributed by atoms with Gasteiger partial charge in [0.25, 0.3) is 0 Å². The molecule has 1 amide bonds. The van der Waals surface area contributed by atoms with E-state index >= 15 is 0 Å². The van der Waals surface area contributed by atoms with Crippen molar-refractivity contribution in [2.24, 2.45) is 5.92 Å². The lowest BCUT2D eigenvalue weighted by atomic mass is 10.1. The molecule has 22 heavy (non-hydrogen) atoms. The number of carbonyl (C=O) groups excluding carboxylic acids is 1. The molecule has 0 bridgehead atoms. The summed E-state index contributed by atoms with van der Waals surface area (Å²) in [5, 5.41) is 7.50. The Balaban J connectivity index is 1.69. The van der Waals surface area contributed by atoms with Crippen LogP contribution in [0.2, 0.25) is 0 Å². The van der Waals surface area contributed by atoms with Crippen molar-refractivity contribution >= 4 is 17.2 Å². The first-order chi connectivity index (χ1) is 10.7. The number of aryl methyl sites for hydroxylation is 1. The van der Waals surface area contributed by atoms with Gasteiger partial charge >= 0.3 is 0 Å². The van der Waals surface area contributed by atoms with Crippen LogP contribution in [-0.2, 0) is 17.9 Å². The van der Waals surface area contributed by atoms with E-state index in [0.717, 1.165) is 31.7 Å². The molecule has 1 atom stereocenters. The molecular formula is C15H21N5OS. The Bertz CT molecular complexity index is 603. The van der Waals surface area contributed by atoms with Gasteiger partial charge in [0, 0.05) is 23.8 Å². The first-order valence-corrected chi connectivity index (χ1v) is 8.45. The molecule has 0 aromatic carbocycles. The largest absolute Gasteiger partial charge is 0.336 e. The fourth-order valence-corrected chi connectivity index (χ4v) is 3.51. The third-order valence-electron chi connectivity index (χ3n) is 4.03. The Morgan fingerprint density at radius 2 is 2.50 bits per heavy atom. The molecule has 2 aromatic rings. The fourth-order valence-electron chi connectivity index (χ4n) is 2.72. The van der Waals surface area contributed by atoms with Crippen molar-refractivity contribution in [3.63, 3.8) is 0 Å². The van der Waals surface area contributed by atoms with E-state index in [2.05, 4.69) is 15.4 Å². The molecule has 0 unspecified atom stereocenters. The zero-order valence-electron chi connectivity index (χ0n) is 12.7. The average molecular weight is 319 g/mol. The number of nitrogens with one attached hydrogen (secondary N) is 1. The van der Waals surface area contributed by atoms with Crippen LogP contribution in [0.1, 0.15) is 17.0 Å². The number of rotatable bonds is 6. The molecule has 1 saturated heterocycles. The number of carbonyl (C=O) groups is 1. The molecule has 0 saturated carbocycles. The number of amides is 1. The zero-order chi connectivity index (χ0) is 15.4. The normalized spacial score (nSPS) is 17.8. The monoisotopic (exact) mass is 319 g/mol. The number of aromatic nitrogens is 3. The molecule has 7 heteroatoms. The van der Waals surface area contributed by atoms with Crippen LogP contribution in [0.15, 0.2) is 24.0 Å². The first-order valence-electron chi connectivity index (χ1n) is 7.57. The summed E-state index contributed by atoms with van der Waals surface area (Å²) in [5.41, 5.74) is 2.87. The third-order valence-corrected chi connectivity index (χ3v) is 4.95. The Hall–Kier alpha value is -1.73. The fraction of sp³-hybridized carbons (Fsp3) is 0.533. The van der Waals surface area contributed by atoms with Gasteiger partial charge in [-0.3, -0.25) is 9.48 Å². The molecule has 1 aliphatic rings. The second-order valence-electron chi connectivity index (χ2n) is 5.70. The van der Waals surface area contributed by atoms with E-state index in [9.17, 15) is 4.79 Å². The van der Waals surface area contributed by atoms with Gasteiger partial charge in [0.2, 0.25) is 5.91 Å². The summed E-state index contributed by atoms with van der Waals surface area (Å²) in [5.74, 6) is 0.651. The topological polar surface area (TPSA) is 63.1 Å². The number of thiazole rings is 1. The lowest BCUT2D eigenvalue weighted by molar-refractivity contribution is -0.133. The van der Waals surface area contributed by atoms with E-state index in [1.54, 1.807) is 22.2 Å². The van der Waals surface area contributed by atoms with Crippen molar-refractivity contribution in [1.82, 2.24) is 25.0 Å². The molecule has 0 spiro atoms. The van der Waals surface area contributed by atoms with Crippen molar-refractivity contribution in [3.8, 4) is 0 Å². The Labute approximate surface area is 134 Å². The highest BCUT2D eigenvalue weighted by atomic mass is 32.1. The summed E-state index contributed by atoms with van der Waals surface area (Å²) in [6.45, 7) is 5.78. The summed E-state index contributed by atoms with van der Waals surface area (Å²) in [6.07, 6.45) is 4.66. The highest BCUT2D eigenvalue weighted by Gasteiger charge is 2.23. The lowest BCUT2D eigenvalue weighted by Crippen LogP contribution is -2.37. The van der Waals surface area contributed by atoms with E-state index in [-0.39, 0.29) is 5.91 Å². The standard InChI is InChI=1S/C15H21N5OS/c1-12-14(22-11-17-12)9-19(8-13-3-5-16-7-13)15(21)10-20-6-2-4-18-20/h2,4,6,11,13,16H,3,5,7-10H2,1H3/t13-/m0/s1. The van der Waals surface area contributed by atoms with Crippen LogP contribution in [0, 0.1) is 12.8 Å². The maximum atomic E-state index is 12.7. The highest BCUT2D eigenvalue weighted by molar-refractivity contribution is 7.09. The van der Waals surface area contributed by atoms with Crippen LogP contribution in [-0.4, -0.2) is 45.2 Å². The van der Waals surface area contributed by atoms with Gasteiger partial charge < -0.3 is 10.2 Å². The molecule has 0 aliphatic carbocycles. The van der Waals surface area contributed by atoms with Crippen LogP contribution in [0.4, 0.5) is 0 Å². The van der Waals surface area contributed by atoms with Crippen molar-refractivity contribution < 1.29 is 4.79 Å². The molecule has 1 N–H and O–H groups in total. The van der Waals surface area contributed by atoms with Gasteiger partial charge in [-0.25, -0.2) is 4.98 Å². The second kappa shape index (κ2) is 7.02. The van der Waals surface area contributed by atoms with Crippen molar-refractivity contribution in [2.75, 3.05) is 19.6 Å². The van der Waals surface area contributed by atoms with Gasteiger partial charge in [-0.05, 0) is 38.4 Å². The van der Waals surface area contributed by atoms with Gasteiger partial charge in [-0.15, -0.1) is 11.3 Å². The summed E-state index contributed by atoms with van der Waals surface area (Å²) < 4.78 is 1.68. The SMILES string of the molecule is Cc1ncsc1CN(C[C@H]1CCNC1)C(=O)Cn1cccn1. The van der Waals surface area contributed by atoms with Crippen LogP contribution < -0.4 is 5.32 Å². The Kier molecular flexibility index (Phi) is 4.84.